The third-order valence-electron chi connectivity index (χ3n) is 5.36. The zero-order chi connectivity index (χ0) is 20.6. The molecule has 0 aliphatic rings. The lowest BCUT2D eigenvalue weighted by atomic mass is 10.0. The van der Waals surface area contributed by atoms with Gasteiger partial charge in [-0.25, -0.2) is 0 Å². The van der Waals surface area contributed by atoms with Crippen LogP contribution in [0.2, 0.25) is 10.0 Å². The fourth-order valence-electron chi connectivity index (χ4n) is 3.49. The molecule has 0 heterocycles. The standard InChI is InChI=1S/C24H39Cl2NS/c1-3-4-5-6-7-8-9-10-11-12-13-14-15-16-19-27(2)24(28)21-17-18-22(25)23(26)20-21/h17-18,20H,3-16,19H2,1-2H3. The summed E-state index contributed by atoms with van der Waals surface area (Å²) in [6.45, 7) is 3.28. The highest BCUT2D eigenvalue weighted by molar-refractivity contribution is 7.80. The fourth-order valence-corrected chi connectivity index (χ4v) is 4.01. The van der Waals surface area contributed by atoms with Gasteiger partial charge in [-0.05, 0) is 18.6 Å². The maximum absolute atomic E-state index is 6.09. The average Bonchev–Trinajstić information content (AvgIpc) is 2.69. The summed E-state index contributed by atoms with van der Waals surface area (Å²) in [7, 11) is 2.06. The van der Waals surface area contributed by atoms with Crippen molar-refractivity contribution in [2.24, 2.45) is 0 Å². The maximum Gasteiger partial charge on any atom is 0.108 e. The molecule has 0 fully saturated rings. The zero-order valence-electron chi connectivity index (χ0n) is 18.0. The van der Waals surface area contributed by atoms with Gasteiger partial charge in [-0.2, -0.15) is 0 Å². The van der Waals surface area contributed by atoms with Crippen molar-refractivity contribution in [2.75, 3.05) is 13.6 Å². The molecule has 1 nitrogen and oxygen atoms in total. The Morgan fingerprint density at radius 3 is 1.68 bits per heavy atom. The summed E-state index contributed by atoms with van der Waals surface area (Å²) >= 11 is 17.6. The van der Waals surface area contributed by atoms with E-state index in [0.717, 1.165) is 17.1 Å². The first-order valence-corrected chi connectivity index (χ1v) is 12.4. The quantitative estimate of drug-likeness (QED) is 0.185. The lowest BCUT2D eigenvalue weighted by Crippen LogP contribution is -2.26. The van der Waals surface area contributed by atoms with Gasteiger partial charge in [-0.3, -0.25) is 0 Å². The van der Waals surface area contributed by atoms with Crippen LogP contribution in [0.15, 0.2) is 18.2 Å². The minimum atomic E-state index is 0.561. The molecule has 0 saturated heterocycles. The molecule has 0 spiro atoms. The van der Waals surface area contributed by atoms with E-state index < -0.39 is 0 Å². The molecule has 0 aliphatic carbocycles. The summed E-state index contributed by atoms with van der Waals surface area (Å²) in [5, 5.41) is 1.13. The SMILES string of the molecule is CCCCCCCCCCCCCCCCN(C)C(=S)c1ccc(Cl)c(Cl)c1. The molecule has 160 valence electrons. The van der Waals surface area contributed by atoms with Gasteiger partial charge in [0.05, 0.1) is 10.0 Å². The Labute approximate surface area is 189 Å². The van der Waals surface area contributed by atoms with Crippen LogP contribution >= 0.6 is 35.4 Å². The summed E-state index contributed by atoms with van der Waals surface area (Å²) < 4.78 is 0. The number of hydrogen-bond donors (Lipinski definition) is 0. The number of hydrogen-bond acceptors (Lipinski definition) is 1. The van der Waals surface area contributed by atoms with Crippen LogP contribution in [0.1, 0.15) is 102 Å². The van der Waals surface area contributed by atoms with Crippen molar-refractivity contribution in [3.63, 3.8) is 0 Å². The molecular formula is C24H39Cl2NS. The first-order valence-electron chi connectivity index (χ1n) is 11.3. The van der Waals surface area contributed by atoms with Crippen LogP contribution < -0.4 is 0 Å². The summed E-state index contributed by atoms with van der Waals surface area (Å²) in [4.78, 5) is 2.99. The van der Waals surface area contributed by atoms with Crippen LogP contribution in [0.3, 0.4) is 0 Å². The maximum atomic E-state index is 6.09. The highest BCUT2D eigenvalue weighted by Gasteiger charge is 2.09. The van der Waals surface area contributed by atoms with Crippen LogP contribution in [0.4, 0.5) is 0 Å². The van der Waals surface area contributed by atoms with Crippen molar-refractivity contribution < 1.29 is 0 Å². The lowest BCUT2D eigenvalue weighted by molar-refractivity contribution is 0.469. The van der Waals surface area contributed by atoms with Gasteiger partial charge < -0.3 is 4.90 Å². The van der Waals surface area contributed by atoms with Gasteiger partial charge in [0.1, 0.15) is 4.99 Å². The van der Waals surface area contributed by atoms with E-state index in [9.17, 15) is 0 Å². The van der Waals surface area contributed by atoms with Gasteiger partial charge in [0.25, 0.3) is 0 Å². The highest BCUT2D eigenvalue weighted by Crippen LogP contribution is 2.23. The Kier molecular flexibility index (Phi) is 15.1. The molecular weight excluding hydrogens is 405 g/mol. The van der Waals surface area contributed by atoms with E-state index in [1.165, 1.54) is 89.9 Å². The number of unbranched alkanes of at least 4 members (excludes halogenated alkanes) is 13. The first-order chi connectivity index (χ1) is 13.6. The topological polar surface area (TPSA) is 3.24 Å². The van der Waals surface area contributed by atoms with Crippen LogP contribution in [-0.2, 0) is 0 Å². The van der Waals surface area contributed by atoms with E-state index >= 15 is 0 Å². The Hall–Kier alpha value is -0.310. The van der Waals surface area contributed by atoms with Crippen LogP contribution in [0.25, 0.3) is 0 Å². The Balaban J connectivity index is 1.96. The molecule has 0 bridgehead atoms. The van der Waals surface area contributed by atoms with Crippen molar-refractivity contribution in [3.8, 4) is 0 Å². The Morgan fingerprint density at radius 2 is 1.21 bits per heavy atom. The van der Waals surface area contributed by atoms with Crippen molar-refractivity contribution in [3.05, 3.63) is 33.8 Å². The fraction of sp³-hybridized carbons (Fsp3) is 0.708. The molecule has 0 aromatic heterocycles. The predicted molar refractivity (Wildman–Crippen MR) is 131 cm³/mol. The minimum Gasteiger partial charge on any atom is -0.365 e. The van der Waals surface area contributed by atoms with E-state index in [0.29, 0.717) is 10.0 Å². The van der Waals surface area contributed by atoms with Gasteiger partial charge in [0.15, 0.2) is 0 Å². The van der Waals surface area contributed by atoms with Gasteiger partial charge in [0, 0.05) is 19.2 Å². The Bertz CT molecular complexity index is 547. The van der Waals surface area contributed by atoms with Crippen molar-refractivity contribution in [2.45, 2.75) is 96.8 Å². The van der Waals surface area contributed by atoms with Crippen LogP contribution in [0.5, 0.6) is 0 Å². The second kappa shape index (κ2) is 16.5. The minimum absolute atomic E-state index is 0.561. The predicted octanol–water partition coefficient (Wildman–Crippen LogP) is 9.08. The Morgan fingerprint density at radius 1 is 0.750 bits per heavy atom. The van der Waals surface area contributed by atoms with E-state index in [-0.39, 0.29) is 0 Å². The van der Waals surface area contributed by atoms with Crippen molar-refractivity contribution in [1.82, 2.24) is 4.90 Å². The number of halogens is 2. The number of benzene rings is 1. The number of rotatable bonds is 16. The van der Waals surface area contributed by atoms with Gasteiger partial charge >= 0.3 is 0 Å². The van der Waals surface area contributed by atoms with Crippen LogP contribution in [-0.4, -0.2) is 23.5 Å². The van der Waals surface area contributed by atoms with Crippen molar-refractivity contribution >= 4 is 40.4 Å². The van der Waals surface area contributed by atoms with Crippen molar-refractivity contribution in [1.29, 1.82) is 0 Å². The molecule has 28 heavy (non-hydrogen) atoms. The first kappa shape index (κ1) is 25.7. The second-order valence-corrected chi connectivity index (χ2v) is 9.15. The third-order valence-corrected chi connectivity index (χ3v) is 6.65. The average molecular weight is 445 g/mol. The summed E-state index contributed by atoms with van der Waals surface area (Å²) in [6, 6.07) is 5.61. The number of thiocarbonyl (C=S) groups is 1. The van der Waals surface area contributed by atoms with E-state index in [1.807, 2.05) is 18.2 Å². The van der Waals surface area contributed by atoms with E-state index in [4.69, 9.17) is 35.4 Å². The summed E-state index contributed by atoms with van der Waals surface area (Å²) in [5.74, 6) is 0. The molecule has 0 radical (unpaired) electrons. The largest absolute Gasteiger partial charge is 0.365 e. The molecule has 1 aromatic rings. The zero-order valence-corrected chi connectivity index (χ0v) is 20.3. The summed E-state index contributed by atoms with van der Waals surface area (Å²) in [6.07, 6.45) is 19.4. The molecule has 1 rings (SSSR count). The van der Waals surface area contributed by atoms with Gasteiger partial charge in [-0.15, -0.1) is 0 Å². The monoisotopic (exact) mass is 443 g/mol. The molecule has 0 N–H and O–H groups in total. The third kappa shape index (κ3) is 11.6. The molecule has 0 unspecified atom stereocenters. The molecule has 1 aromatic carbocycles. The normalized spacial score (nSPS) is 11.0. The molecule has 0 saturated carbocycles. The van der Waals surface area contributed by atoms with E-state index in [1.54, 1.807) is 0 Å². The van der Waals surface area contributed by atoms with Crippen LogP contribution in [0, 0.1) is 0 Å². The molecule has 0 aliphatic heterocycles. The summed E-state index contributed by atoms with van der Waals surface area (Å²) in [5.41, 5.74) is 0.970. The molecule has 4 heteroatoms. The smallest absolute Gasteiger partial charge is 0.108 e. The molecule has 0 amide bonds. The molecule has 0 atom stereocenters. The highest BCUT2D eigenvalue weighted by atomic mass is 35.5. The lowest BCUT2D eigenvalue weighted by Gasteiger charge is -2.20. The van der Waals surface area contributed by atoms with Gasteiger partial charge in [0.2, 0.25) is 0 Å². The number of nitrogens with zero attached hydrogens (tertiary/aromatic N) is 1. The van der Waals surface area contributed by atoms with E-state index in [2.05, 4.69) is 18.9 Å². The van der Waals surface area contributed by atoms with Gasteiger partial charge in [-0.1, -0.05) is 132 Å². The second-order valence-electron chi connectivity index (χ2n) is 7.95.